The van der Waals surface area contributed by atoms with Gasteiger partial charge in [0.2, 0.25) is 0 Å². The van der Waals surface area contributed by atoms with Crippen molar-refractivity contribution in [3.8, 4) is 5.75 Å². The molecule has 0 amide bonds. The van der Waals surface area contributed by atoms with Gasteiger partial charge in [-0.1, -0.05) is 19.4 Å². The Balaban J connectivity index is 1.86. The maximum atomic E-state index is 14.3. The van der Waals surface area contributed by atoms with Gasteiger partial charge in [-0.3, -0.25) is 0 Å². The van der Waals surface area contributed by atoms with Gasteiger partial charge in [-0.25, -0.2) is 13.2 Å². The van der Waals surface area contributed by atoms with Crippen LogP contribution in [0.15, 0.2) is 12.1 Å². The second-order valence-electron chi connectivity index (χ2n) is 7.33. The van der Waals surface area contributed by atoms with Crippen molar-refractivity contribution in [3.05, 3.63) is 29.1 Å². The van der Waals surface area contributed by atoms with Crippen LogP contribution in [-0.2, 0) is 0 Å². The molecule has 2 saturated carbocycles. The van der Waals surface area contributed by atoms with Crippen LogP contribution in [0.3, 0.4) is 0 Å². The van der Waals surface area contributed by atoms with E-state index < -0.39 is 17.8 Å². The monoisotopic (exact) mass is 326 g/mol. The van der Waals surface area contributed by atoms with E-state index in [-0.39, 0.29) is 11.7 Å². The third-order valence-electron chi connectivity index (χ3n) is 5.93. The van der Waals surface area contributed by atoms with Gasteiger partial charge >= 0.3 is 0 Å². The van der Waals surface area contributed by atoms with E-state index in [9.17, 15) is 13.2 Å². The van der Waals surface area contributed by atoms with Gasteiger partial charge in [0.15, 0.2) is 11.6 Å². The number of benzene rings is 1. The molecular formula is C19H25F3O. The topological polar surface area (TPSA) is 9.23 Å². The Morgan fingerprint density at radius 2 is 1.74 bits per heavy atom. The first-order valence-electron chi connectivity index (χ1n) is 8.65. The number of methoxy groups -OCH3 is 1. The molecule has 0 aromatic heterocycles. The van der Waals surface area contributed by atoms with Crippen molar-refractivity contribution >= 4 is 0 Å². The van der Waals surface area contributed by atoms with Crippen molar-refractivity contribution in [2.75, 3.05) is 7.11 Å². The molecule has 0 saturated heterocycles. The molecular weight excluding hydrogens is 301 g/mol. The summed E-state index contributed by atoms with van der Waals surface area (Å²) in [6, 6.07) is 3.14. The first kappa shape index (κ1) is 16.7. The van der Waals surface area contributed by atoms with Crippen molar-refractivity contribution in [1.82, 2.24) is 0 Å². The lowest BCUT2D eigenvalue weighted by molar-refractivity contribution is 0.119. The van der Waals surface area contributed by atoms with Crippen LogP contribution < -0.4 is 4.74 Å². The molecule has 23 heavy (non-hydrogen) atoms. The summed E-state index contributed by atoms with van der Waals surface area (Å²) in [5, 5.41) is 0. The maximum Gasteiger partial charge on any atom is 0.267 e. The molecule has 0 aliphatic heterocycles. The highest BCUT2D eigenvalue weighted by Gasteiger charge is 2.36. The second kappa shape index (κ2) is 6.74. The summed E-state index contributed by atoms with van der Waals surface area (Å²) in [4.78, 5) is 0. The molecule has 0 heterocycles. The van der Waals surface area contributed by atoms with Gasteiger partial charge < -0.3 is 4.74 Å². The van der Waals surface area contributed by atoms with Gasteiger partial charge in [0.1, 0.15) is 0 Å². The SMILES string of the molecule is COc1ccc(C2CCC3CC(C)CCC3C2)c(C(F)F)c1F. The predicted molar refractivity (Wildman–Crippen MR) is 84.5 cm³/mol. The fraction of sp³-hybridized carbons (Fsp3) is 0.684. The Bertz CT molecular complexity index is 558. The lowest BCUT2D eigenvalue weighted by Crippen LogP contribution is -2.30. The molecule has 2 fully saturated rings. The Labute approximate surface area is 136 Å². The van der Waals surface area contributed by atoms with E-state index in [1.54, 1.807) is 6.07 Å². The summed E-state index contributed by atoms with van der Waals surface area (Å²) in [7, 11) is 1.31. The minimum atomic E-state index is -2.80. The summed E-state index contributed by atoms with van der Waals surface area (Å²) >= 11 is 0. The van der Waals surface area contributed by atoms with Gasteiger partial charge in [0.25, 0.3) is 6.43 Å². The highest BCUT2D eigenvalue weighted by molar-refractivity contribution is 5.40. The number of alkyl halides is 2. The number of fused-ring (bicyclic) bond motifs is 1. The van der Waals surface area contributed by atoms with E-state index in [0.717, 1.165) is 31.1 Å². The van der Waals surface area contributed by atoms with E-state index in [2.05, 4.69) is 6.92 Å². The first-order valence-corrected chi connectivity index (χ1v) is 8.65. The van der Waals surface area contributed by atoms with E-state index >= 15 is 0 Å². The molecule has 3 rings (SSSR count). The molecule has 128 valence electrons. The van der Waals surface area contributed by atoms with Crippen LogP contribution in [0.4, 0.5) is 13.2 Å². The Morgan fingerprint density at radius 1 is 1.04 bits per heavy atom. The maximum absolute atomic E-state index is 14.3. The molecule has 2 aliphatic carbocycles. The average Bonchev–Trinajstić information content (AvgIpc) is 2.53. The molecule has 0 spiro atoms. The summed E-state index contributed by atoms with van der Waals surface area (Å²) in [6.07, 6.45) is 3.76. The van der Waals surface area contributed by atoms with Crippen molar-refractivity contribution in [2.24, 2.45) is 17.8 Å². The van der Waals surface area contributed by atoms with E-state index in [1.165, 1.54) is 32.4 Å². The molecule has 0 radical (unpaired) electrons. The van der Waals surface area contributed by atoms with Gasteiger partial charge in [-0.05, 0) is 67.4 Å². The van der Waals surface area contributed by atoms with E-state index in [1.807, 2.05) is 0 Å². The number of rotatable bonds is 3. The van der Waals surface area contributed by atoms with Crippen LogP contribution in [0.25, 0.3) is 0 Å². The largest absolute Gasteiger partial charge is 0.494 e. The molecule has 4 heteroatoms. The molecule has 1 nitrogen and oxygen atoms in total. The summed E-state index contributed by atoms with van der Waals surface area (Å²) in [5.74, 6) is 1.19. The fourth-order valence-electron chi connectivity index (χ4n) is 4.73. The number of ether oxygens (including phenoxy) is 1. The van der Waals surface area contributed by atoms with Gasteiger partial charge in [0.05, 0.1) is 12.7 Å². The standard InChI is InChI=1S/C19H25F3O/c1-11-3-4-13-10-14(6-5-12(13)9-11)15-7-8-16(23-2)18(20)17(15)19(21)22/h7-8,11-14,19H,3-6,9-10H2,1-2H3. The Morgan fingerprint density at radius 3 is 2.43 bits per heavy atom. The zero-order chi connectivity index (χ0) is 16.6. The third-order valence-corrected chi connectivity index (χ3v) is 5.93. The van der Waals surface area contributed by atoms with Crippen LogP contribution in [0.1, 0.15) is 68.9 Å². The van der Waals surface area contributed by atoms with Crippen molar-refractivity contribution in [3.63, 3.8) is 0 Å². The van der Waals surface area contributed by atoms with Crippen molar-refractivity contribution in [1.29, 1.82) is 0 Å². The van der Waals surface area contributed by atoms with Gasteiger partial charge in [-0.2, -0.15) is 0 Å². The van der Waals surface area contributed by atoms with E-state index in [4.69, 9.17) is 4.74 Å². The highest BCUT2D eigenvalue weighted by Crippen LogP contribution is 2.49. The lowest BCUT2D eigenvalue weighted by Gasteiger charge is -2.42. The Hall–Kier alpha value is -1.19. The Kier molecular flexibility index (Phi) is 4.88. The van der Waals surface area contributed by atoms with Gasteiger partial charge in [0, 0.05) is 0 Å². The van der Waals surface area contributed by atoms with Gasteiger partial charge in [-0.15, -0.1) is 0 Å². The van der Waals surface area contributed by atoms with Crippen LogP contribution in [0, 0.1) is 23.6 Å². The number of hydrogen-bond acceptors (Lipinski definition) is 1. The van der Waals surface area contributed by atoms with Crippen LogP contribution in [-0.4, -0.2) is 7.11 Å². The quantitative estimate of drug-likeness (QED) is 0.653. The lowest BCUT2D eigenvalue weighted by atomic mass is 9.64. The average molecular weight is 326 g/mol. The smallest absolute Gasteiger partial charge is 0.267 e. The van der Waals surface area contributed by atoms with Crippen molar-refractivity contribution < 1.29 is 17.9 Å². The summed E-state index contributed by atoms with van der Waals surface area (Å²) < 4.78 is 46.1. The predicted octanol–water partition coefficient (Wildman–Crippen LogP) is 6.09. The third kappa shape index (κ3) is 3.22. The fourth-order valence-corrected chi connectivity index (χ4v) is 4.73. The molecule has 1 aromatic rings. The molecule has 4 atom stereocenters. The molecule has 1 aromatic carbocycles. The van der Waals surface area contributed by atoms with Crippen LogP contribution >= 0.6 is 0 Å². The molecule has 0 bridgehead atoms. The van der Waals surface area contributed by atoms with Crippen molar-refractivity contribution in [2.45, 2.75) is 57.8 Å². The normalized spacial score (nSPS) is 31.0. The highest BCUT2D eigenvalue weighted by atomic mass is 19.3. The minimum absolute atomic E-state index is 0.0501. The zero-order valence-corrected chi connectivity index (χ0v) is 13.8. The summed E-state index contributed by atoms with van der Waals surface area (Å²) in [5.41, 5.74) is 0.0485. The number of halogens is 3. The second-order valence-corrected chi connectivity index (χ2v) is 7.33. The summed E-state index contributed by atoms with van der Waals surface area (Å²) in [6.45, 7) is 2.30. The van der Waals surface area contributed by atoms with Crippen LogP contribution in [0.2, 0.25) is 0 Å². The zero-order valence-electron chi connectivity index (χ0n) is 13.8. The first-order chi connectivity index (χ1) is 11.0. The molecule has 4 unspecified atom stereocenters. The number of hydrogen-bond donors (Lipinski definition) is 0. The molecule has 0 N–H and O–H groups in total. The van der Waals surface area contributed by atoms with E-state index in [0.29, 0.717) is 11.5 Å². The van der Waals surface area contributed by atoms with Crippen LogP contribution in [0.5, 0.6) is 5.75 Å². The minimum Gasteiger partial charge on any atom is -0.494 e. The molecule has 2 aliphatic rings.